The summed E-state index contributed by atoms with van der Waals surface area (Å²) in [6.07, 6.45) is 0.816. The fourth-order valence-electron chi connectivity index (χ4n) is 0.839. The van der Waals surface area contributed by atoms with Crippen LogP contribution in [-0.2, 0) is 14.3 Å². The third-order valence-electron chi connectivity index (χ3n) is 1.51. The molecule has 0 fully saturated rings. The largest absolute Gasteiger partial charge is 0.460 e. The molecule has 0 aromatic carbocycles. The van der Waals surface area contributed by atoms with E-state index in [0.717, 1.165) is 0 Å². The van der Waals surface area contributed by atoms with E-state index in [1.165, 1.54) is 6.08 Å². The Morgan fingerprint density at radius 1 is 1.47 bits per heavy atom. The van der Waals surface area contributed by atoms with Gasteiger partial charge in [-0.1, -0.05) is 12.7 Å². The lowest BCUT2D eigenvalue weighted by molar-refractivity contribution is -0.143. The summed E-state index contributed by atoms with van der Waals surface area (Å²) in [5, 5.41) is 2.38. The Morgan fingerprint density at radius 2 is 2.06 bits per heavy atom. The highest BCUT2D eigenvalue weighted by molar-refractivity contribution is 5.77. The van der Waals surface area contributed by atoms with Gasteiger partial charge in [0.2, 0.25) is 0 Å². The van der Waals surface area contributed by atoms with Crippen LogP contribution in [0.25, 0.3) is 0 Å². The lowest BCUT2D eigenvalue weighted by Crippen LogP contribution is -2.44. The van der Waals surface area contributed by atoms with Crippen LogP contribution in [0.2, 0.25) is 0 Å². The Bertz CT molecular complexity index is 284. The number of ether oxygens (including phenoxy) is 2. The van der Waals surface area contributed by atoms with Crippen molar-refractivity contribution in [3.05, 3.63) is 12.7 Å². The van der Waals surface area contributed by atoms with E-state index in [2.05, 4.69) is 11.9 Å². The maximum Gasteiger partial charge on any atom is 0.407 e. The lowest BCUT2D eigenvalue weighted by Gasteiger charge is -2.20. The van der Waals surface area contributed by atoms with E-state index in [1.807, 2.05) is 0 Å². The first kappa shape index (κ1) is 15.4. The molecule has 0 aliphatic rings. The molecule has 0 aromatic heterocycles. The van der Waals surface area contributed by atoms with Crippen LogP contribution in [0.15, 0.2) is 12.7 Å². The number of carbonyl (C=O) groups is 2. The minimum absolute atomic E-state index is 0.0368. The first-order valence-corrected chi connectivity index (χ1v) is 5.26. The molecule has 6 nitrogen and oxygen atoms in total. The van der Waals surface area contributed by atoms with Gasteiger partial charge in [0.15, 0.2) is 0 Å². The molecule has 0 heterocycles. The predicted octanol–water partition coefficient (Wildman–Crippen LogP) is 0.568. The van der Waals surface area contributed by atoms with Gasteiger partial charge in [0.05, 0.1) is 0 Å². The molecule has 0 radical (unpaired) electrons. The van der Waals surface area contributed by atoms with Gasteiger partial charge in [0, 0.05) is 6.54 Å². The molecule has 0 bridgehead atoms. The Morgan fingerprint density at radius 3 is 2.53 bits per heavy atom. The van der Waals surface area contributed by atoms with Crippen molar-refractivity contribution in [1.82, 2.24) is 5.32 Å². The minimum atomic E-state index is -0.914. The molecule has 0 unspecified atom stereocenters. The molecule has 6 heteroatoms. The Kier molecular flexibility index (Phi) is 6.27. The highest BCUT2D eigenvalue weighted by atomic mass is 16.6. The van der Waals surface area contributed by atoms with Crippen molar-refractivity contribution in [2.45, 2.75) is 32.4 Å². The molecule has 17 heavy (non-hydrogen) atoms. The Balaban J connectivity index is 3.91. The van der Waals surface area contributed by atoms with Crippen LogP contribution in [-0.4, -0.2) is 36.9 Å². The van der Waals surface area contributed by atoms with E-state index in [1.54, 1.807) is 20.8 Å². The average Bonchev–Trinajstić information content (AvgIpc) is 2.20. The number of esters is 1. The normalized spacial score (nSPS) is 12.5. The predicted molar refractivity (Wildman–Crippen MR) is 63.4 cm³/mol. The fourth-order valence-corrected chi connectivity index (χ4v) is 0.839. The number of nitrogens with one attached hydrogen (secondary N) is 1. The van der Waals surface area contributed by atoms with Gasteiger partial charge in [0.25, 0.3) is 0 Å². The standard InChI is InChI=1S/C11H20N2O4/c1-5-6-16-9(14)8(12)7-13-10(15)17-11(2,3)4/h5,8H,1,6-7,12H2,2-4H3,(H,13,15)/t8-/m0/s1. The summed E-state index contributed by atoms with van der Waals surface area (Å²) in [5.74, 6) is -0.596. The van der Waals surface area contributed by atoms with Crippen LogP contribution < -0.4 is 11.1 Å². The zero-order valence-corrected chi connectivity index (χ0v) is 10.5. The molecule has 98 valence electrons. The highest BCUT2D eigenvalue weighted by Gasteiger charge is 2.19. The fraction of sp³-hybridized carbons (Fsp3) is 0.636. The number of amides is 1. The van der Waals surface area contributed by atoms with E-state index >= 15 is 0 Å². The van der Waals surface area contributed by atoms with E-state index in [4.69, 9.17) is 15.2 Å². The monoisotopic (exact) mass is 244 g/mol. The first-order valence-electron chi connectivity index (χ1n) is 5.26. The number of carbonyl (C=O) groups excluding carboxylic acids is 2. The van der Waals surface area contributed by atoms with Gasteiger partial charge in [-0.2, -0.15) is 0 Å². The summed E-state index contributed by atoms with van der Waals surface area (Å²) in [7, 11) is 0. The molecule has 0 spiro atoms. The summed E-state index contributed by atoms with van der Waals surface area (Å²) in [6, 6.07) is -0.914. The van der Waals surface area contributed by atoms with Gasteiger partial charge in [-0.3, -0.25) is 4.79 Å². The smallest absolute Gasteiger partial charge is 0.407 e. The number of alkyl carbamates (subject to hydrolysis) is 1. The number of hydrogen-bond donors (Lipinski definition) is 2. The second-order valence-electron chi connectivity index (χ2n) is 4.41. The second-order valence-corrected chi connectivity index (χ2v) is 4.41. The second kappa shape index (κ2) is 6.90. The molecule has 0 saturated carbocycles. The van der Waals surface area contributed by atoms with Crippen molar-refractivity contribution in [2.75, 3.05) is 13.2 Å². The van der Waals surface area contributed by atoms with Gasteiger partial charge in [-0.05, 0) is 20.8 Å². The third kappa shape index (κ3) is 8.27. The SMILES string of the molecule is C=CCOC(=O)[C@@H](N)CNC(=O)OC(C)(C)C. The third-order valence-corrected chi connectivity index (χ3v) is 1.51. The topological polar surface area (TPSA) is 90.6 Å². The molecular weight excluding hydrogens is 224 g/mol. The van der Waals surface area contributed by atoms with E-state index in [0.29, 0.717) is 0 Å². The zero-order valence-electron chi connectivity index (χ0n) is 10.5. The minimum Gasteiger partial charge on any atom is -0.460 e. The number of hydrogen-bond acceptors (Lipinski definition) is 5. The van der Waals surface area contributed by atoms with Crippen molar-refractivity contribution in [3.8, 4) is 0 Å². The summed E-state index contributed by atoms with van der Waals surface area (Å²) in [5.41, 5.74) is 4.91. The van der Waals surface area contributed by atoms with Gasteiger partial charge in [-0.15, -0.1) is 0 Å². The van der Waals surface area contributed by atoms with Gasteiger partial charge in [0.1, 0.15) is 18.2 Å². The first-order chi connectivity index (χ1) is 7.76. The summed E-state index contributed by atoms with van der Waals surface area (Å²) >= 11 is 0. The molecule has 0 rings (SSSR count). The van der Waals surface area contributed by atoms with Gasteiger partial charge >= 0.3 is 12.1 Å². The molecule has 1 amide bonds. The molecule has 1 atom stereocenters. The molecule has 0 aliphatic heterocycles. The van der Waals surface area contributed by atoms with Crippen LogP contribution in [0.1, 0.15) is 20.8 Å². The van der Waals surface area contributed by atoms with Crippen molar-refractivity contribution in [1.29, 1.82) is 0 Å². The summed E-state index contributed by atoms with van der Waals surface area (Å²) < 4.78 is 9.69. The van der Waals surface area contributed by atoms with Crippen LogP contribution >= 0.6 is 0 Å². The number of nitrogens with two attached hydrogens (primary N) is 1. The average molecular weight is 244 g/mol. The Hall–Kier alpha value is -1.56. The molecular formula is C11H20N2O4. The van der Waals surface area contributed by atoms with E-state index < -0.39 is 23.7 Å². The van der Waals surface area contributed by atoms with Crippen molar-refractivity contribution < 1.29 is 19.1 Å². The Labute approximate surface area is 101 Å². The quantitative estimate of drug-likeness (QED) is 0.545. The number of rotatable bonds is 5. The van der Waals surface area contributed by atoms with E-state index in [9.17, 15) is 9.59 Å². The highest BCUT2D eigenvalue weighted by Crippen LogP contribution is 2.06. The molecule has 3 N–H and O–H groups in total. The molecule has 0 aliphatic carbocycles. The van der Waals surface area contributed by atoms with Gasteiger partial charge < -0.3 is 20.5 Å². The summed E-state index contributed by atoms with van der Waals surface area (Å²) in [4.78, 5) is 22.5. The van der Waals surface area contributed by atoms with Crippen molar-refractivity contribution in [3.63, 3.8) is 0 Å². The molecule has 0 aromatic rings. The van der Waals surface area contributed by atoms with Crippen LogP contribution in [0.4, 0.5) is 4.79 Å². The van der Waals surface area contributed by atoms with Crippen LogP contribution in [0.5, 0.6) is 0 Å². The maximum atomic E-state index is 11.2. The van der Waals surface area contributed by atoms with E-state index in [-0.39, 0.29) is 13.2 Å². The van der Waals surface area contributed by atoms with Crippen molar-refractivity contribution in [2.24, 2.45) is 5.73 Å². The van der Waals surface area contributed by atoms with Crippen LogP contribution in [0, 0.1) is 0 Å². The zero-order chi connectivity index (χ0) is 13.5. The van der Waals surface area contributed by atoms with Gasteiger partial charge in [-0.25, -0.2) is 4.79 Å². The molecule has 0 saturated heterocycles. The van der Waals surface area contributed by atoms with Crippen molar-refractivity contribution >= 4 is 12.1 Å². The maximum absolute atomic E-state index is 11.2. The lowest BCUT2D eigenvalue weighted by atomic mass is 10.2. The summed E-state index contributed by atoms with van der Waals surface area (Å²) in [6.45, 7) is 8.68. The van der Waals surface area contributed by atoms with Crippen LogP contribution in [0.3, 0.4) is 0 Å².